The molecule has 0 aliphatic carbocycles. The Hall–Kier alpha value is -1.71. The number of anilines is 1. The zero-order valence-corrected chi connectivity index (χ0v) is 9.69. The molecule has 1 aromatic rings. The van der Waals surface area contributed by atoms with Gasteiger partial charge in [0.25, 0.3) is 5.91 Å². The molecule has 0 saturated carbocycles. The number of carbonyl (C=O) groups is 1. The van der Waals surface area contributed by atoms with Crippen LogP contribution in [0.25, 0.3) is 0 Å². The first-order chi connectivity index (χ1) is 7.65. The number of nitrogen functional groups attached to an aromatic ring is 1. The summed E-state index contributed by atoms with van der Waals surface area (Å²) >= 11 is 0. The Bertz CT molecular complexity index is 353. The standard InChI is InChI=1S/C12H18N2O2/c1-3-8-14-12(15)9(2)16-11-7-5-4-6-10(11)13/h4-7,9H,3,8,13H2,1-2H3,(H,14,15). The molecule has 16 heavy (non-hydrogen) atoms. The molecule has 0 spiro atoms. The quantitative estimate of drug-likeness (QED) is 0.743. The highest BCUT2D eigenvalue weighted by atomic mass is 16.5. The second-order valence-corrected chi connectivity index (χ2v) is 3.59. The van der Waals surface area contributed by atoms with E-state index >= 15 is 0 Å². The molecule has 4 nitrogen and oxygen atoms in total. The summed E-state index contributed by atoms with van der Waals surface area (Å²) in [6.45, 7) is 4.37. The monoisotopic (exact) mass is 222 g/mol. The van der Waals surface area contributed by atoms with Crippen LogP contribution in [0.4, 0.5) is 5.69 Å². The number of benzene rings is 1. The molecular formula is C12H18N2O2. The second kappa shape index (κ2) is 6.00. The van der Waals surface area contributed by atoms with Gasteiger partial charge >= 0.3 is 0 Å². The molecular weight excluding hydrogens is 204 g/mol. The van der Waals surface area contributed by atoms with Crippen LogP contribution < -0.4 is 15.8 Å². The van der Waals surface area contributed by atoms with E-state index in [1.165, 1.54) is 0 Å². The van der Waals surface area contributed by atoms with E-state index in [-0.39, 0.29) is 5.91 Å². The maximum absolute atomic E-state index is 11.5. The fraction of sp³-hybridized carbons (Fsp3) is 0.417. The SMILES string of the molecule is CCCNC(=O)C(C)Oc1ccccc1N. The van der Waals surface area contributed by atoms with Crippen molar-refractivity contribution in [3.63, 3.8) is 0 Å². The summed E-state index contributed by atoms with van der Waals surface area (Å²) in [6.07, 6.45) is 0.377. The van der Waals surface area contributed by atoms with E-state index in [1.807, 2.05) is 19.1 Å². The van der Waals surface area contributed by atoms with Crippen molar-refractivity contribution >= 4 is 11.6 Å². The maximum Gasteiger partial charge on any atom is 0.260 e. The Morgan fingerprint density at radius 3 is 2.81 bits per heavy atom. The summed E-state index contributed by atoms with van der Waals surface area (Å²) in [5, 5.41) is 2.77. The summed E-state index contributed by atoms with van der Waals surface area (Å²) in [6, 6.07) is 7.14. The van der Waals surface area contributed by atoms with Crippen molar-refractivity contribution in [2.45, 2.75) is 26.4 Å². The van der Waals surface area contributed by atoms with E-state index in [1.54, 1.807) is 19.1 Å². The molecule has 0 fully saturated rings. The van der Waals surface area contributed by atoms with Crippen LogP contribution in [0.5, 0.6) is 5.75 Å². The lowest BCUT2D eigenvalue weighted by molar-refractivity contribution is -0.127. The first-order valence-corrected chi connectivity index (χ1v) is 5.44. The summed E-state index contributed by atoms with van der Waals surface area (Å²) in [7, 11) is 0. The largest absolute Gasteiger partial charge is 0.479 e. The van der Waals surface area contributed by atoms with E-state index in [9.17, 15) is 4.79 Å². The van der Waals surface area contributed by atoms with Gasteiger partial charge in [0.1, 0.15) is 5.75 Å². The molecule has 0 saturated heterocycles. The molecule has 4 heteroatoms. The molecule has 0 bridgehead atoms. The number of rotatable bonds is 5. The van der Waals surface area contributed by atoms with Crippen LogP contribution in [-0.4, -0.2) is 18.6 Å². The lowest BCUT2D eigenvalue weighted by atomic mass is 10.3. The Morgan fingerprint density at radius 1 is 1.50 bits per heavy atom. The molecule has 1 atom stereocenters. The smallest absolute Gasteiger partial charge is 0.260 e. The van der Waals surface area contributed by atoms with Crippen LogP contribution in [0.15, 0.2) is 24.3 Å². The second-order valence-electron chi connectivity index (χ2n) is 3.59. The first kappa shape index (κ1) is 12.4. The lowest BCUT2D eigenvalue weighted by Crippen LogP contribution is -2.36. The number of ether oxygens (including phenoxy) is 1. The van der Waals surface area contributed by atoms with Crippen LogP contribution >= 0.6 is 0 Å². The van der Waals surface area contributed by atoms with Crippen LogP contribution in [0.2, 0.25) is 0 Å². The molecule has 88 valence electrons. The molecule has 1 amide bonds. The van der Waals surface area contributed by atoms with Crippen molar-refractivity contribution in [1.29, 1.82) is 0 Å². The summed E-state index contributed by atoms with van der Waals surface area (Å²) in [5.41, 5.74) is 6.25. The van der Waals surface area contributed by atoms with E-state index in [4.69, 9.17) is 10.5 Å². The third-order valence-electron chi connectivity index (χ3n) is 2.14. The summed E-state index contributed by atoms with van der Waals surface area (Å²) in [5.74, 6) is 0.423. The normalized spacial score (nSPS) is 11.9. The van der Waals surface area contributed by atoms with Gasteiger partial charge in [0.05, 0.1) is 5.69 Å². The van der Waals surface area contributed by atoms with Gasteiger partial charge in [-0.3, -0.25) is 4.79 Å². The van der Waals surface area contributed by atoms with Crippen LogP contribution in [-0.2, 0) is 4.79 Å². The van der Waals surface area contributed by atoms with Gasteiger partial charge in [-0.15, -0.1) is 0 Å². The van der Waals surface area contributed by atoms with Gasteiger partial charge in [0.2, 0.25) is 0 Å². The van der Waals surface area contributed by atoms with Crippen molar-refractivity contribution in [2.24, 2.45) is 0 Å². The number of amides is 1. The zero-order chi connectivity index (χ0) is 12.0. The van der Waals surface area contributed by atoms with Crippen molar-refractivity contribution in [2.75, 3.05) is 12.3 Å². The molecule has 0 aliphatic rings. The molecule has 0 radical (unpaired) electrons. The minimum absolute atomic E-state index is 0.120. The molecule has 0 aliphatic heterocycles. The molecule has 1 rings (SSSR count). The third kappa shape index (κ3) is 3.46. The van der Waals surface area contributed by atoms with E-state index in [2.05, 4.69) is 5.32 Å². The predicted molar refractivity (Wildman–Crippen MR) is 64.2 cm³/mol. The number of carbonyl (C=O) groups excluding carboxylic acids is 1. The van der Waals surface area contributed by atoms with Crippen molar-refractivity contribution in [1.82, 2.24) is 5.32 Å². The number of para-hydroxylation sites is 2. The van der Waals surface area contributed by atoms with Gasteiger partial charge in [0, 0.05) is 6.54 Å². The minimum Gasteiger partial charge on any atom is -0.479 e. The van der Waals surface area contributed by atoms with E-state index in [0.717, 1.165) is 6.42 Å². The van der Waals surface area contributed by atoms with Gasteiger partial charge in [-0.25, -0.2) is 0 Å². The number of hydrogen-bond acceptors (Lipinski definition) is 3. The van der Waals surface area contributed by atoms with E-state index < -0.39 is 6.10 Å². The minimum atomic E-state index is -0.531. The average Bonchev–Trinajstić information content (AvgIpc) is 2.28. The fourth-order valence-corrected chi connectivity index (χ4v) is 1.22. The summed E-state index contributed by atoms with van der Waals surface area (Å²) < 4.78 is 5.47. The number of nitrogens with two attached hydrogens (primary N) is 1. The Morgan fingerprint density at radius 2 is 2.19 bits per heavy atom. The van der Waals surface area contributed by atoms with Crippen LogP contribution in [0.3, 0.4) is 0 Å². The van der Waals surface area contributed by atoms with Gasteiger partial charge in [-0.1, -0.05) is 19.1 Å². The third-order valence-corrected chi connectivity index (χ3v) is 2.14. The van der Waals surface area contributed by atoms with Crippen molar-refractivity contribution < 1.29 is 9.53 Å². The maximum atomic E-state index is 11.5. The lowest BCUT2D eigenvalue weighted by Gasteiger charge is -2.15. The summed E-state index contributed by atoms with van der Waals surface area (Å²) in [4.78, 5) is 11.5. The Labute approximate surface area is 95.8 Å². The molecule has 3 N–H and O–H groups in total. The average molecular weight is 222 g/mol. The highest BCUT2D eigenvalue weighted by Crippen LogP contribution is 2.20. The van der Waals surface area contributed by atoms with Crippen LogP contribution in [0, 0.1) is 0 Å². The van der Waals surface area contributed by atoms with Crippen molar-refractivity contribution in [3.05, 3.63) is 24.3 Å². The molecule has 1 aromatic carbocycles. The first-order valence-electron chi connectivity index (χ1n) is 5.44. The van der Waals surface area contributed by atoms with Crippen molar-refractivity contribution in [3.8, 4) is 5.75 Å². The Kier molecular flexibility index (Phi) is 4.64. The number of nitrogens with one attached hydrogen (secondary N) is 1. The van der Waals surface area contributed by atoms with Gasteiger partial charge in [0.15, 0.2) is 6.10 Å². The highest BCUT2D eigenvalue weighted by Gasteiger charge is 2.14. The Balaban J connectivity index is 2.54. The highest BCUT2D eigenvalue weighted by molar-refractivity contribution is 5.80. The number of hydrogen-bond donors (Lipinski definition) is 2. The molecule has 0 aromatic heterocycles. The molecule has 1 unspecified atom stereocenters. The van der Waals surface area contributed by atoms with E-state index in [0.29, 0.717) is 18.0 Å². The van der Waals surface area contributed by atoms with Crippen LogP contribution in [0.1, 0.15) is 20.3 Å². The van der Waals surface area contributed by atoms with Gasteiger partial charge in [-0.05, 0) is 25.5 Å². The zero-order valence-electron chi connectivity index (χ0n) is 9.69. The topological polar surface area (TPSA) is 64.3 Å². The molecule has 0 heterocycles. The fourth-order valence-electron chi connectivity index (χ4n) is 1.22. The predicted octanol–water partition coefficient (Wildman–Crippen LogP) is 1.56. The van der Waals surface area contributed by atoms with Gasteiger partial charge < -0.3 is 15.8 Å². The van der Waals surface area contributed by atoms with Gasteiger partial charge in [-0.2, -0.15) is 0 Å².